The first-order valence-corrected chi connectivity index (χ1v) is 13.0. The highest BCUT2D eigenvalue weighted by Gasteiger charge is 2.21. The number of carbonyl (C=O) groups is 1. The molecule has 1 amide bonds. The molecule has 1 fully saturated rings. The Hall–Kier alpha value is -2.42. The van der Waals surface area contributed by atoms with Crippen LogP contribution in [0.15, 0.2) is 47.4 Å². The predicted octanol–water partition coefficient (Wildman–Crippen LogP) is 4.06. The van der Waals surface area contributed by atoms with Crippen LogP contribution >= 0.6 is 0 Å². The van der Waals surface area contributed by atoms with Crippen LogP contribution in [0.5, 0.6) is 0 Å². The topological polar surface area (TPSA) is 81.8 Å². The third kappa shape index (κ3) is 6.56. The first kappa shape index (κ1) is 25.2. The highest BCUT2D eigenvalue weighted by Crippen LogP contribution is 2.25. The molecule has 0 bridgehead atoms. The molecule has 8 heteroatoms. The molecule has 2 aromatic carbocycles. The van der Waals surface area contributed by atoms with Crippen molar-refractivity contribution in [1.82, 2.24) is 9.21 Å². The molecule has 0 heterocycles. The minimum Gasteiger partial charge on any atom is -0.376 e. The maximum absolute atomic E-state index is 12.6. The molecule has 0 atom stereocenters. The Morgan fingerprint density at radius 2 is 1.73 bits per heavy atom. The van der Waals surface area contributed by atoms with Gasteiger partial charge in [-0.15, -0.1) is 0 Å². The summed E-state index contributed by atoms with van der Waals surface area (Å²) in [4.78, 5) is 15.2. The lowest BCUT2D eigenvalue weighted by Gasteiger charge is -2.31. The van der Waals surface area contributed by atoms with Crippen LogP contribution in [0.1, 0.15) is 43.2 Å². The lowest BCUT2D eigenvalue weighted by molar-refractivity contribution is -0.114. The zero-order valence-corrected chi connectivity index (χ0v) is 20.9. The van der Waals surface area contributed by atoms with Gasteiger partial charge in [-0.05, 0) is 56.1 Å². The van der Waals surface area contributed by atoms with Gasteiger partial charge in [-0.1, -0.05) is 43.5 Å². The summed E-state index contributed by atoms with van der Waals surface area (Å²) >= 11 is 0. The van der Waals surface area contributed by atoms with Crippen LogP contribution in [-0.2, 0) is 21.4 Å². The van der Waals surface area contributed by atoms with Crippen LogP contribution in [0.2, 0.25) is 0 Å². The highest BCUT2D eigenvalue weighted by molar-refractivity contribution is 7.89. The highest BCUT2D eigenvalue weighted by atomic mass is 32.2. The van der Waals surface area contributed by atoms with Crippen LogP contribution in [0, 0.1) is 6.92 Å². The minimum atomic E-state index is -3.59. The molecular weight excluding hydrogens is 436 g/mol. The van der Waals surface area contributed by atoms with Gasteiger partial charge in [0, 0.05) is 38.1 Å². The van der Waals surface area contributed by atoms with E-state index < -0.39 is 10.0 Å². The van der Waals surface area contributed by atoms with Crippen molar-refractivity contribution in [3.63, 3.8) is 0 Å². The van der Waals surface area contributed by atoms with Crippen LogP contribution < -0.4 is 10.6 Å². The molecule has 0 aromatic heterocycles. The largest absolute Gasteiger partial charge is 0.376 e. The number of para-hydroxylation sites is 1. The maximum Gasteiger partial charge on any atom is 0.243 e. The summed E-state index contributed by atoms with van der Waals surface area (Å²) in [6, 6.07) is 13.6. The second-order valence-electron chi connectivity index (χ2n) is 9.03. The van der Waals surface area contributed by atoms with Crippen molar-refractivity contribution in [3.8, 4) is 0 Å². The Morgan fingerprint density at radius 3 is 2.42 bits per heavy atom. The van der Waals surface area contributed by atoms with E-state index in [2.05, 4.69) is 28.6 Å². The van der Waals surface area contributed by atoms with Gasteiger partial charge in [0.05, 0.1) is 11.4 Å². The number of hydrogen-bond donors (Lipinski definition) is 2. The number of anilines is 2. The molecule has 1 saturated carbocycles. The number of carbonyl (C=O) groups excluding carboxylic acids is 1. The molecule has 2 N–H and O–H groups in total. The third-order valence-electron chi connectivity index (χ3n) is 6.31. The third-order valence-corrected chi connectivity index (χ3v) is 8.26. The summed E-state index contributed by atoms with van der Waals surface area (Å²) in [6.45, 7) is 2.66. The van der Waals surface area contributed by atoms with Gasteiger partial charge in [-0.25, -0.2) is 12.7 Å². The first-order chi connectivity index (χ1) is 15.7. The van der Waals surface area contributed by atoms with Crippen molar-refractivity contribution in [1.29, 1.82) is 0 Å². The molecule has 0 radical (unpaired) electrons. The lowest BCUT2D eigenvalue weighted by atomic mass is 9.94. The normalized spacial score (nSPS) is 15.1. The zero-order chi connectivity index (χ0) is 24.0. The second kappa shape index (κ2) is 11.1. The molecule has 0 aliphatic heterocycles. The smallest absolute Gasteiger partial charge is 0.243 e. The van der Waals surface area contributed by atoms with Crippen molar-refractivity contribution in [2.24, 2.45) is 0 Å². The number of sulfonamides is 1. The average Bonchev–Trinajstić information content (AvgIpc) is 2.80. The standard InChI is InChI=1S/C25H36N4O3S/c1-19-14-15-21(16-24(19)33(31,32)28(2)3)27-25(30)17-26-23-13-9-8-10-20(23)18-29(4)22-11-6-5-7-12-22/h8-10,13-16,22,26H,5-7,11-12,17-18H2,1-4H3,(H,27,30). The maximum atomic E-state index is 12.6. The quantitative estimate of drug-likeness (QED) is 0.575. The van der Waals surface area contributed by atoms with Crippen molar-refractivity contribution in [2.45, 2.75) is 56.5 Å². The second-order valence-corrected chi connectivity index (χ2v) is 11.2. The summed E-state index contributed by atoms with van der Waals surface area (Å²) in [5, 5.41) is 6.06. The predicted molar refractivity (Wildman–Crippen MR) is 134 cm³/mol. The van der Waals surface area contributed by atoms with Gasteiger partial charge in [-0.3, -0.25) is 9.69 Å². The van der Waals surface area contributed by atoms with Gasteiger partial charge in [0.1, 0.15) is 0 Å². The molecule has 0 spiro atoms. The van der Waals surface area contributed by atoms with E-state index in [-0.39, 0.29) is 17.3 Å². The van der Waals surface area contributed by atoms with Crippen molar-refractivity contribution < 1.29 is 13.2 Å². The molecule has 2 aromatic rings. The Labute approximate surface area is 198 Å². The number of aryl methyl sites for hydroxylation is 1. The van der Waals surface area contributed by atoms with Gasteiger partial charge in [-0.2, -0.15) is 0 Å². The summed E-state index contributed by atoms with van der Waals surface area (Å²) in [7, 11) is 1.58. The minimum absolute atomic E-state index is 0.0911. The Bertz CT molecular complexity index is 1060. The summed E-state index contributed by atoms with van der Waals surface area (Å²) in [5.74, 6) is -0.234. The molecule has 33 heavy (non-hydrogen) atoms. The van der Waals surface area contributed by atoms with Crippen molar-refractivity contribution in [3.05, 3.63) is 53.6 Å². The molecule has 1 aliphatic rings. The molecular formula is C25H36N4O3S. The van der Waals surface area contributed by atoms with E-state index in [1.54, 1.807) is 19.1 Å². The molecule has 1 aliphatic carbocycles. The van der Waals surface area contributed by atoms with E-state index >= 15 is 0 Å². The monoisotopic (exact) mass is 472 g/mol. The van der Waals surface area contributed by atoms with Crippen LogP contribution in [0.4, 0.5) is 11.4 Å². The molecule has 0 unspecified atom stereocenters. The molecule has 7 nitrogen and oxygen atoms in total. The number of amides is 1. The number of nitrogens with one attached hydrogen (secondary N) is 2. The van der Waals surface area contributed by atoms with Crippen molar-refractivity contribution in [2.75, 3.05) is 38.3 Å². The number of nitrogens with zero attached hydrogens (tertiary/aromatic N) is 2. The van der Waals surface area contributed by atoms with E-state index in [0.717, 1.165) is 17.8 Å². The van der Waals surface area contributed by atoms with Crippen molar-refractivity contribution >= 4 is 27.3 Å². The summed E-state index contributed by atoms with van der Waals surface area (Å²) < 4.78 is 26.2. The van der Waals surface area contributed by atoms with E-state index in [1.165, 1.54) is 56.6 Å². The summed E-state index contributed by atoms with van der Waals surface area (Å²) in [6.07, 6.45) is 6.42. The molecule has 180 valence electrons. The van der Waals surface area contributed by atoms with E-state index in [1.807, 2.05) is 18.2 Å². The van der Waals surface area contributed by atoms with Gasteiger partial charge in [0.15, 0.2) is 0 Å². The lowest BCUT2D eigenvalue weighted by Crippen LogP contribution is -2.33. The van der Waals surface area contributed by atoms with Gasteiger partial charge < -0.3 is 10.6 Å². The zero-order valence-electron chi connectivity index (χ0n) is 20.1. The molecule has 0 saturated heterocycles. The fourth-order valence-electron chi connectivity index (χ4n) is 4.28. The van der Waals surface area contributed by atoms with Crippen LogP contribution in [0.3, 0.4) is 0 Å². The number of rotatable bonds is 9. The Balaban J connectivity index is 1.63. The first-order valence-electron chi connectivity index (χ1n) is 11.5. The van der Waals surface area contributed by atoms with E-state index in [9.17, 15) is 13.2 Å². The van der Waals surface area contributed by atoms with Crippen LogP contribution in [-0.4, -0.2) is 57.3 Å². The fourth-order valence-corrected chi connectivity index (χ4v) is 5.43. The number of benzene rings is 2. The Morgan fingerprint density at radius 1 is 1.03 bits per heavy atom. The fraction of sp³-hybridized carbons (Fsp3) is 0.480. The van der Waals surface area contributed by atoms with Gasteiger partial charge in [0.25, 0.3) is 0 Å². The SMILES string of the molecule is Cc1ccc(NC(=O)CNc2ccccc2CN(C)C2CCCCC2)cc1S(=O)(=O)N(C)C. The van der Waals surface area contributed by atoms with E-state index in [4.69, 9.17) is 0 Å². The Kier molecular flexibility index (Phi) is 8.51. The average molecular weight is 473 g/mol. The number of hydrogen-bond acceptors (Lipinski definition) is 5. The van der Waals surface area contributed by atoms with Gasteiger partial charge >= 0.3 is 0 Å². The van der Waals surface area contributed by atoms with E-state index in [0.29, 0.717) is 17.3 Å². The van der Waals surface area contributed by atoms with Crippen LogP contribution in [0.25, 0.3) is 0 Å². The van der Waals surface area contributed by atoms with Gasteiger partial charge in [0.2, 0.25) is 15.9 Å². The molecule has 3 rings (SSSR count). The summed E-state index contributed by atoms with van der Waals surface area (Å²) in [5.41, 5.74) is 3.19.